The number of nitrogens with zero attached hydrogens (tertiary/aromatic N) is 1. The Hall–Kier alpha value is -1.39. The molecule has 4 heteroatoms. The number of aliphatic hydroxyl groups is 1. The summed E-state index contributed by atoms with van der Waals surface area (Å²) in [5.74, 6) is 0.687. The summed E-state index contributed by atoms with van der Waals surface area (Å²) in [6.07, 6.45) is 2.79. The Kier molecular flexibility index (Phi) is 3.76. The van der Waals surface area contributed by atoms with E-state index in [0.717, 1.165) is 11.1 Å². The highest BCUT2D eigenvalue weighted by atomic mass is 32.1. The first kappa shape index (κ1) is 12.1. The summed E-state index contributed by atoms with van der Waals surface area (Å²) in [5, 5.41) is 14.0. The van der Waals surface area contributed by atoms with Crippen molar-refractivity contribution in [2.75, 3.05) is 0 Å². The van der Waals surface area contributed by atoms with Crippen LogP contribution in [0.4, 0.5) is 0 Å². The second-order valence-electron chi connectivity index (χ2n) is 4.08. The molecule has 0 amide bonds. The van der Waals surface area contributed by atoms with Crippen molar-refractivity contribution in [3.05, 3.63) is 46.4 Å². The summed E-state index contributed by atoms with van der Waals surface area (Å²) in [6.45, 7) is 3.92. The molecule has 0 aliphatic heterocycles. The maximum atomic E-state index is 10.2. The number of hydrogen-bond acceptors (Lipinski definition) is 4. The highest BCUT2D eigenvalue weighted by Crippen LogP contribution is 2.25. The van der Waals surface area contributed by atoms with Gasteiger partial charge in [-0.2, -0.15) is 11.3 Å². The van der Waals surface area contributed by atoms with Crippen molar-refractivity contribution in [3.8, 4) is 5.75 Å². The second kappa shape index (κ2) is 5.29. The lowest BCUT2D eigenvalue weighted by molar-refractivity contribution is 0.216. The molecule has 0 aliphatic carbocycles. The van der Waals surface area contributed by atoms with Gasteiger partial charge in [-0.15, -0.1) is 0 Å². The van der Waals surface area contributed by atoms with Crippen LogP contribution in [0.25, 0.3) is 0 Å². The topological polar surface area (TPSA) is 42.4 Å². The fraction of sp³-hybridized carbons (Fsp3) is 0.308. The SMILES string of the molecule is CC(C)Oc1cncc(C(O)c2ccsc2)c1. The molecule has 0 radical (unpaired) electrons. The highest BCUT2D eigenvalue weighted by Gasteiger charge is 2.12. The Morgan fingerprint density at radius 2 is 2.12 bits per heavy atom. The van der Waals surface area contributed by atoms with E-state index in [1.165, 1.54) is 0 Å². The Bertz CT molecular complexity index is 468. The predicted molar refractivity (Wildman–Crippen MR) is 68.4 cm³/mol. The van der Waals surface area contributed by atoms with Gasteiger partial charge in [0, 0.05) is 11.8 Å². The average Bonchev–Trinajstić information content (AvgIpc) is 2.81. The van der Waals surface area contributed by atoms with E-state index < -0.39 is 6.10 Å². The van der Waals surface area contributed by atoms with E-state index in [-0.39, 0.29) is 6.10 Å². The lowest BCUT2D eigenvalue weighted by Crippen LogP contribution is -2.07. The molecule has 0 saturated carbocycles. The van der Waals surface area contributed by atoms with E-state index in [1.54, 1.807) is 23.7 Å². The third-order valence-corrected chi connectivity index (χ3v) is 2.98. The maximum absolute atomic E-state index is 10.2. The van der Waals surface area contributed by atoms with E-state index in [0.29, 0.717) is 5.75 Å². The van der Waals surface area contributed by atoms with Crippen molar-refractivity contribution < 1.29 is 9.84 Å². The van der Waals surface area contributed by atoms with E-state index in [2.05, 4.69) is 4.98 Å². The van der Waals surface area contributed by atoms with Crippen LogP contribution in [0.2, 0.25) is 0 Å². The van der Waals surface area contributed by atoms with E-state index >= 15 is 0 Å². The van der Waals surface area contributed by atoms with Gasteiger partial charge in [-0.25, -0.2) is 0 Å². The molecule has 90 valence electrons. The van der Waals surface area contributed by atoms with Gasteiger partial charge in [-0.05, 0) is 42.3 Å². The molecule has 0 fully saturated rings. The first-order valence-corrected chi connectivity index (χ1v) is 6.43. The third kappa shape index (κ3) is 3.05. The fourth-order valence-electron chi connectivity index (χ4n) is 1.54. The molecule has 17 heavy (non-hydrogen) atoms. The Labute approximate surface area is 105 Å². The van der Waals surface area contributed by atoms with Gasteiger partial charge in [0.25, 0.3) is 0 Å². The normalized spacial score (nSPS) is 12.7. The molecular formula is C13H15NO2S. The minimum absolute atomic E-state index is 0.102. The third-order valence-electron chi connectivity index (χ3n) is 2.28. The van der Waals surface area contributed by atoms with Gasteiger partial charge in [0.05, 0.1) is 12.3 Å². The lowest BCUT2D eigenvalue weighted by atomic mass is 10.1. The van der Waals surface area contributed by atoms with E-state index in [4.69, 9.17) is 4.74 Å². The molecule has 0 aliphatic rings. The molecule has 0 spiro atoms. The van der Waals surface area contributed by atoms with Crippen molar-refractivity contribution in [1.29, 1.82) is 0 Å². The largest absolute Gasteiger partial charge is 0.489 e. The van der Waals surface area contributed by atoms with Crippen LogP contribution in [-0.4, -0.2) is 16.2 Å². The zero-order valence-corrected chi connectivity index (χ0v) is 10.6. The number of aliphatic hydroxyl groups excluding tert-OH is 1. The van der Waals surface area contributed by atoms with Crippen molar-refractivity contribution in [2.24, 2.45) is 0 Å². The second-order valence-corrected chi connectivity index (χ2v) is 4.86. The first-order chi connectivity index (χ1) is 8.16. The summed E-state index contributed by atoms with van der Waals surface area (Å²) in [4.78, 5) is 4.09. The standard InChI is InChI=1S/C13H15NO2S/c1-9(2)16-12-5-11(6-14-7-12)13(15)10-3-4-17-8-10/h3-9,13,15H,1-2H3. The zero-order valence-electron chi connectivity index (χ0n) is 9.83. The minimum Gasteiger partial charge on any atom is -0.489 e. The smallest absolute Gasteiger partial charge is 0.138 e. The number of rotatable bonds is 4. The number of pyridine rings is 1. The quantitative estimate of drug-likeness (QED) is 0.905. The van der Waals surface area contributed by atoms with Crippen molar-refractivity contribution in [1.82, 2.24) is 4.98 Å². The lowest BCUT2D eigenvalue weighted by Gasteiger charge is -2.13. The van der Waals surface area contributed by atoms with Crippen LogP contribution in [0, 0.1) is 0 Å². The van der Waals surface area contributed by atoms with E-state index in [1.807, 2.05) is 36.7 Å². The van der Waals surface area contributed by atoms with Gasteiger partial charge in [-0.3, -0.25) is 4.98 Å². The number of aromatic nitrogens is 1. The highest BCUT2D eigenvalue weighted by molar-refractivity contribution is 7.07. The molecule has 0 aromatic carbocycles. The Morgan fingerprint density at radius 1 is 1.29 bits per heavy atom. The number of hydrogen-bond donors (Lipinski definition) is 1. The molecule has 2 aromatic rings. The molecule has 1 unspecified atom stereocenters. The van der Waals surface area contributed by atoms with Crippen LogP contribution in [0.5, 0.6) is 5.75 Å². The van der Waals surface area contributed by atoms with Crippen molar-refractivity contribution in [3.63, 3.8) is 0 Å². The van der Waals surface area contributed by atoms with Crippen LogP contribution < -0.4 is 4.74 Å². The van der Waals surface area contributed by atoms with Gasteiger partial charge >= 0.3 is 0 Å². The Morgan fingerprint density at radius 3 is 2.76 bits per heavy atom. The first-order valence-electron chi connectivity index (χ1n) is 5.48. The molecule has 1 atom stereocenters. The van der Waals surface area contributed by atoms with Crippen LogP contribution in [0.15, 0.2) is 35.3 Å². The zero-order chi connectivity index (χ0) is 12.3. The molecule has 1 N–H and O–H groups in total. The summed E-state index contributed by atoms with van der Waals surface area (Å²) in [7, 11) is 0. The summed E-state index contributed by atoms with van der Waals surface area (Å²) in [6, 6.07) is 3.74. The van der Waals surface area contributed by atoms with Gasteiger partial charge < -0.3 is 9.84 Å². The molecule has 0 bridgehead atoms. The molecule has 2 rings (SSSR count). The van der Waals surface area contributed by atoms with Gasteiger partial charge in [-0.1, -0.05) is 0 Å². The van der Waals surface area contributed by atoms with Gasteiger partial charge in [0.2, 0.25) is 0 Å². The predicted octanol–water partition coefficient (Wildman–Crippen LogP) is 3.01. The van der Waals surface area contributed by atoms with Crippen LogP contribution in [0.1, 0.15) is 31.1 Å². The van der Waals surface area contributed by atoms with Gasteiger partial charge in [0.15, 0.2) is 0 Å². The Balaban J connectivity index is 2.21. The fourth-order valence-corrected chi connectivity index (χ4v) is 2.22. The monoisotopic (exact) mass is 249 g/mol. The van der Waals surface area contributed by atoms with Crippen molar-refractivity contribution >= 4 is 11.3 Å². The molecule has 2 aromatic heterocycles. The maximum Gasteiger partial charge on any atom is 0.138 e. The van der Waals surface area contributed by atoms with Crippen LogP contribution >= 0.6 is 11.3 Å². The summed E-state index contributed by atoms with van der Waals surface area (Å²) in [5.41, 5.74) is 1.64. The number of ether oxygens (including phenoxy) is 1. The molecule has 0 saturated heterocycles. The summed E-state index contributed by atoms with van der Waals surface area (Å²) < 4.78 is 5.55. The van der Waals surface area contributed by atoms with Crippen molar-refractivity contribution in [2.45, 2.75) is 26.1 Å². The summed E-state index contributed by atoms with van der Waals surface area (Å²) >= 11 is 1.57. The average molecular weight is 249 g/mol. The molecular weight excluding hydrogens is 234 g/mol. The van der Waals surface area contributed by atoms with Gasteiger partial charge in [0.1, 0.15) is 11.9 Å². The minimum atomic E-state index is -0.635. The molecule has 2 heterocycles. The van der Waals surface area contributed by atoms with E-state index in [9.17, 15) is 5.11 Å². The van der Waals surface area contributed by atoms with Crippen LogP contribution in [0.3, 0.4) is 0 Å². The van der Waals surface area contributed by atoms with Crippen LogP contribution in [-0.2, 0) is 0 Å². The number of thiophene rings is 1. The molecule has 3 nitrogen and oxygen atoms in total.